The number of piperidine rings is 1. The molecule has 4 atom stereocenters. The molecule has 0 radical (unpaired) electrons. The lowest BCUT2D eigenvalue weighted by Crippen LogP contribution is -2.48. The third-order valence-electron chi connectivity index (χ3n) is 5.78. The Morgan fingerprint density at radius 2 is 1.86 bits per heavy atom. The standard InChI is InChI=1S/C16H22N2O3/c1-9-5-16(6-11-3-4-12(7-16)17-11)15(20)18(9)13-8-21-14(19)10(13)2/h9,11-12,17H,3-8H2,1-2H3/t9-,11-,12+,16+/m0/s1. The van der Waals surface area contributed by atoms with Crippen LogP contribution in [0.2, 0.25) is 0 Å². The zero-order chi connectivity index (χ0) is 14.8. The average molecular weight is 290 g/mol. The summed E-state index contributed by atoms with van der Waals surface area (Å²) in [6.07, 6.45) is 5.19. The molecule has 1 spiro atoms. The lowest BCUT2D eigenvalue weighted by molar-refractivity contribution is -0.138. The Labute approximate surface area is 124 Å². The van der Waals surface area contributed by atoms with Crippen LogP contribution in [0.1, 0.15) is 46.0 Å². The molecule has 4 rings (SSSR count). The van der Waals surface area contributed by atoms with Crippen LogP contribution < -0.4 is 5.32 Å². The van der Waals surface area contributed by atoms with Gasteiger partial charge in [0, 0.05) is 18.1 Å². The Bertz CT molecular complexity index is 542. The van der Waals surface area contributed by atoms with E-state index in [0.29, 0.717) is 17.7 Å². The van der Waals surface area contributed by atoms with Gasteiger partial charge in [0.15, 0.2) is 0 Å². The summed E-state index contributed by atoms with van der Waals surface area (Å²) >= 11 is 0. The van der Waals surface area contributed by atoms with Crippen LogP contribution in [0.5, 0.6) is 0 Å². The van der Waals surface area contributed by atoms with Crippen molar-refractivity contribution in [2.24, 2.45) is 5.41 Å². The van der Waals surface area contributed by atoms with Crippen LogP contribution in [0.15, 0.2) is 11.3 Å². The quantitative estimate of drug-likeness (QED) is 0.740. The minimum absolute atomic E-state index is 0.162. The van der Waals surface area contributed by atoms with Crippen molar-refractivity contribution in [1.29, 1.82) is 0 Å². The SMILES string of the molecule is CC1=C(N2C(=O)[C@]3(C[C@H]4CC[C@@H](C3)N4)C[C@@H]2C)COC1=O. The number of nitrogens with one attached hydrogen (secondary N) is 1. The highest BCUT2D eigenvalue weighted by atomic mass is 16.5. The van der Waals surface area contributed by atoms with E-state index in [1.54, 1.807) is 6.92 Å². The fourth-order valence-electron chi connectivity index (χ4n) is 4.90. The lowest BCUT2D eigenvalue weighted by atomic mass is 9.73. The molecule has 21 heavy (non-hydrogen) atoms. The maximum Gasteiger partial charge on any atom is 0.336 e. The van der Waals surface area contributed by atoms with Crippen molar-refractivity contribution >= 4 is 11.9 Å². The molecule has 1 N–H and O–H groups in total. The molecule has 1 amide bonds. The van der Waals surface area contributed by atoms with Gasteiger partial charge in [0.2, 0.25) is 5.91 Å². The van der Waals surface area contributed by atoms with Crippen LogP contribution in [0.4, 0.5) is 0 Å². The van der Waals surface area contributed by atoms with Gasteiger partial charge in [-0.3, -0.25) is 4.79 Å². The van der Waals surface area contributed by atoms with Gasteiger partial charge in [0.25, 0.3) is 0 Å². The van der Waals surface area contributed by atoms with Crippen molar-refractivity contribution < 1.29 is 14.3 Å². The topological polar surface area (TPSA) is 58.6 Å². The van der Waals surface area contributed by atoms with Crippen molar-refractivity contribution in [2.45, 2.75) is 64.1 Å². The number of carbonyl (C=O) groups is 2. The van der Waals surface area contributed by atoms with Crippen molar-refractivity contribution in [2.75, 3.05) is 6.61 Å². The molecule has 4 heterocycles. The second-order valence-electron chi connectivity index (χ2n) is 7.20. The minimum Gasteiger partial charge on any atom is -0.456 e. The summed E-state index contributed by atoms with van der Waals surface area (Å²) in [5.74, 6) is -0.0580. The molecule has 4 aliphatic heterocycles. The number of amides is 1. The highest BCUT2D eigenvalue weighted by molar-refractivity contribution is 5.94. The summed E-state index contributed by atoms with van der Waals surface area (Å²) in [6.45, 7) is 4.11. The van der Waals surface area contributed by atoms with E-state index >= 15 is 0 Å². The van der Waals surface area contributed by atoms with Gasteiger partial charge in [-0.05, 0) is 46.0 Å². The largest absolute Gasteiger partial charge is 0.456 e. The molecule has 5 heteroatoms. The molecule has 0 saturated carbocycles. The highest BCUT2D eigenvalue weighted by Gasteiger charge is 2.56. The third kappa shape index (κ3) is 1.79. The Balaban J connectivity index is 1.67. The van der Waals surface area contributed by atoms with E-state index in [-0.39, 0.29) is 29.9 Å². The number of rotatable bonds is 1. The van der Waals surface area contributed by atoms with Gasteiger partial charge in [0.05, 0.1) is 16.7 Å². The molecule has 4 aliphatic rings. The zero-order valence-corrected chi connectivity index (χ0v) is 12.6. The van der Waals surface area contributed by atoms with E-state index in [0.717, 1.165) is 25.0 Å². The number of ether oxygens (including phenoxy) is 1. The molecule has 114 valence electrons. The number of esters is 1. The third-order valence-corrected chi connectivity index (χ3v) is 5.78. The molecule has 2 bridgehead atoms. The van der Waals surface area contributed by atoms with E-state index in [1.165, 1.54) is 12.8 Å². The van der Waals surface area contributed by atoms with Crippen LogP contribution in [0.3, 0.4) is 0 Å². The van der Waals surface area contributed by atoms with Crippen molar-refractivity contribution in [3.63, 3.8) is 0 Å². The monoisotopic (exact) mass is 290 g/mol. The first-order valence-electron chi connectivity index (χ1n) is 7.97. The second kappa shape index (κ2) is 4.32. The number of hydrogen-bond acceptors (Lipinski definition) is 4. The fourth-order valence-corrected chi connectivity index (χ4v) is 4.90. The van der Waals surface area contributed by atoms with E-state index < -0.39 is 0 Å². The van der Waals surface area contributed by atoms with Crippen molar-refractivity contribution in [3.05, 3.63) is 11.3 Å². The summed E-state index contributed by atoms with van der Waals surface area (Å²) in [5, 5.41) is 3.62. The first-order valence-corrected chi connectivity index (χ1v) is 7.97. The molecule has 0 unspecified atom stereocenters. The first kappa shape index (κ1) is 13.3. The van der Waals surface area contributed by atoms with E-state index in [4.69, 9.17) is 4.74 Å². The maximum absolute atomic E-state index is 13.1. The summed E-state index contributed by atoms with van der Waals surface area (Å²) < 4.78 is 5.10. The van der Waals surface area contributed by atoms with E-state index in [1.807, 2.05) is 4.90 Å². The van der Waals surface area contributed by atoms with Crippen LogP contribution in [0.25, 0.3) is 0 Å². The van der Waals surface area contributed by atoms with E-state index in [2.05, 4.69) is 12.2 Å². The molecule has 0 aromatic rings. The first-order chi connectivity index (χ1) is 10.00. The number of nitrogens with zero attached hydrogens (tertiary/aromatic N) is 1. The van der Waals surface area contributed by atoms with Crippen molar-refractivity contribution in [3.8, 4) is 0 Å². The summed E-state index contributed by atoms with van der Waals surface area (Å²) in [6, 6.07) is 1.15. The smallest absolute Gasteiger partial charge is 0.336 e. The number of likely N-dealkylation sites (tertiary alicyclic amines) is 1. The van der Waals surface area contributed by atoms with Gasteiger partial charge in [-0.2, -0.15) is 0 Å². The molecule has 0 aromatic heterocycles. The lowest BCUT2D eigenvalue weighted by Gasteiger charge is -2.36. The second-order valence-corrected chi connectivity index (χ2v) is 7.20. The summed E-state index contributed by atoms with van der Waals surface area (Å²) in [4.78, 5) is 26.6. The van der Waals surface area contributed by atoms with Crippen molar-refractivity contribution in [1.82, 2.24) is 10.2 Å². The predicted molar refractivity (Wildman–Crippen MR) is 76.2 cm³/mol. The van der Waals surface area contributed by atoms with Crippen LogP contribution in [-0.2, 0) is 14.3 Å². The molecule has 0 aromatic carbocycles. The normalized spacial score (nSPS) is 42.4. The number of carbonyl (C=O) groups excluding carboxylic acids is 2. The van der Waals surface area contributed by atoms with Gasteiger partial charge in [-0.25, -0.2) is 4.79 Å². The van der Waals surface area contributed by atoms with Gasteiger partial charge >= 0.3 is 5.97 Å². The summed E-state index contributed by atoms with van der Waals surface area (Å²) in [7, 11) is 0. The Morgan fingerprint density at radius 1 is 1.19 bits per heavy atom. The maximum atomic E-state index is 13.1. The van der Waals surface area contributed by atoms with Gasteiger partial charge < -0.3 is 15.0 Å². The molecule has 3 fully saturated rings. The van der Waals surface area contributed by atoms with Gasteiger partial charge in [0.1, 0.15) is 6.61 Å². The molecular weight excluding hydrogens is 268 g/mol. The van der Waals surface area contributed by atoms with Crippen LogP contribution in [-0.4, -0.2) is 41.5 Å². The molecule has 3 saturated heterocycles. The molecular formula is C16H22N2O3. The Morgan fingerprint density at radius 3 is 2.43 bits per heavy atom. The predicted octanol–water partition coefficient (Wildman–Crippen LogP) is 1.34. The Hall–Kier alpha value is -1.36. The van der Waals surface area contributed by atoms with E-state index in [9.17, 15) is 9.59 Å². The van der Waals surface area contributed by atoms with Gasteiger partial charge in [-0.1, -0.05) is 0 Å². The fraction of sp³-hybridized carbons (Fsp3) is 0.750. The van der Waals surface area contributed by atoms with Crippen LogP contribution >= 0.6 is 0 Å². The minimum atomic E-state index is -0.281. The zero-order valence-electron chi connectivity index (χ0n) is 12.6. The van der Waals surface area contributed by atoms with Crippen LogP contribution in [0, 0.1) is 5.41 Å². The highest BCUT2D eigenvalue weighted by Crippen LogP contribution is 2.50. The Kier molecular flexibility index (Phi) is 2.74. The molecule has 5 nitrogen and oxygen atoms in total. The molecule has 0 aliphatic carbocycles. The van der Waals surface area contributed by atoms with Gasteiger partial charge in [-0.15, -0.1) is 0 Å². The average Bonchev–Trinajstić information content (AvgIpc) is 3.02. The number of fused-ring (bicyclic) bond motifs is 2. The summed E-state index contributed by atoms with van der Waals surface area (Å²) in [5.41, 5.74) is 1.18. The number of cyclic esters (lactones) is 1. The number of hydrogen-bond donors (Lipinski definition) is 1.